The molecule has 1 aromatic rings. The molecule has 0 saturated heterocycles. The van der Waals surface area contributed by atoms with Gasteiger partial charge in [0.2, 0.25) is 0 Å². The Morgan fingerprint density at radius 3 is 1.73 bits per heavy atom. The van der Waals surface area contributed by atoms with Crippen LogP contribution >= 0.6 is 0 Å². The van der Waals surface area contributed by atoms with Gasteiger partial charge in [0.1, 0.15) is 0 Å². The summed E-state index contributed by atoms with van der Waals surface area (Å²) in [5.41, 5.74) is 1.07. The number of pyridine rings is 1. The van der Waals surface area contributed by atoms with Gasteiger partial charge in [-0.1, -0.05) is 6.07 Å². The Balaban J connectivity index is 0. The minimum Gasteiger partial charge on any atom is -0.473 e. The van der Waals surface area contributed by atoms with Crippen LogP contribution in [0.15, 0.2) is 24.4 Å². The molecule has 0 aromatic carbocycles. The van der Waals surface area contributed by atoms with Gasteiger partial charge in [0.25, 0.3) is 0 Å². The Morgan fingerprint density at radius 2 is 1.60 bits per heavy atom. The number of carboxylic acid groups (broad SMARTS) is 2. The molecule has 0 aliphatic carbocycles. The van der Waals surface area contributed by atoms with Crippen molar-refractivity contribution in [2.24, 2.45) is 0 Å². The lowest BCUT2D eigenvalue weighted by Gasteiger charge is -1.82. The van der Waals surface area contributed by atoms with E-state index in [4.69, 9.17) is 24.9 Å². The molecule has 15 heavy (non-hydrogen) atoms. The number of aryl methyl sites for hydroxylation is 1. The summed E-state index contributed by atoms with van der Waals surface area (Å²) in [6, 6.07) is 5.86. The van der Waals surface area contributed by atoms with Crippen molar-refractivity contribution in [3.8, 4) is 0 Å². The van der Waals surface area contributed by atoms with E-state index in [2.05, 4.69) is 4.98 Å². The van der Waals surface area contributed by atoms with Crippen molar-refractivity contribution in [3.63, 3.8) is 0 Å². The van der Waals surface area contributed by atoms with Gasteiger partial charge in [0, 0.05) is 19.0 Å². The molecule has 0 unspecified atom stereocenters. The van der Waals surface area contributed by atoms with Crippen LogP contribution in [0.1, 0.15) is 5.69 Å². The predicted octanol–water partition coefficient (Wildman–Crippen LogP) is 0.154. The SMILES string of the molecule is CO.Cc1ccccn1.O=C(O)C(=O)O. The molecule has 0 fully saturated rings. The van der Waals surface area contributed by atoms with Crippen LogP contribution in [0.5, 0.6) is 0 Å². The lowest BCUT2D eigenvalue weighted by Crippen LogP contribution is -2.09. The Hall–Kier alpha value is -1.95. The molecule has 1 heterocycles. The highest BCUT2D eigenvalue weighted by Gasteiger charge is 2.04. The minimum absolute atomic E-state index is 1.00. The summed E-state index contributed by atoms with van der Waals surface area (Å²) in [6.45, 7) is 1.97. The molecule has 1 rings (SSSR count). The number of rotatable bonds is 0. The van der Waals surface area contributed by atoms with Crippen LogP contribution in [0, 0.1) is 6.92 Å². The van der Waals surface area contributed by atoms with Gasteiger partial charge in [-0.05, 0) is 19.1 Å². The Bertz CT molecular complexity index is 274. The average molecular weight is 215 g/mol. The fourth-order valence-electron chi connectivity index (χ4n) is 0.448. The first-order valence-electron chi connectivity index (χ1n) is 3.82. The first-order valence-corrected chi connectivity index (χ1v) is 3.82. The van der Waals surface area contributed by atoms with Gasteiger partial charge in [-0.25, -0.2) is 9.59 Å². The van der Waals surface area contributed by atoms with Crippen molar-refractivity contribution in [1.29, 1.82) is 0 Å². The standard InChI is InChI=1S/C6H7N.C2H2O4.CH4O/c1-6-4-2-3-5-7-6;3-1(4)2(5)6;1-2/h2-5H,1H3;(H,3,4)(H,5,6);2H,1H3. The topological polar surface area (TPSA) is 108 Å². The maximum Gasteiger partial charge on any atom is 0.414 e. The Kier molecular flexibility index (Phi) is 10.5. The summed E-state index contributed by atoms with van der Waals surface area (Å²) in [5.74, 6) is -3.65. The highest BCUT2D eigenvalue weighted by Crippen LogP contribution is 1.85. The van der Waals surface area contributed by atoms with E-state index in [0.717, 1.165) is 12.8 Å². The fourth-order valence-corrected chi connectivity index (χ4v) is 0.448. The molecule has 0 spiro atoms. The quantitative estimate of drug-likeness (QED) is 0.532. The first-order chi connectivity index (χ1) is 7.04. The van der Waals surface area contributed by atoms with Gasteiger partial charge in [-0.3, -0.25) is 4.98 Å². The molecule has 1 aromatic heterocycles. The van der Waals surface area contributed by atoms with Crippen molar-refractivity contribution in [1.82, 2.24) is 4.98 Å². The van der Waals surface area contributed by atoms with Gasteiger partial charge in [-0.15, -0.1) is 0 Å². The first kappa shape index (κ1) is 15.5. The zero-order valence-electron chi connectivity index (χ0n) is 8.41. The summed E-state index contributed by atoms with van der Waals surface area (Å²) in [6.07, 6.45) is 1.79. The van der Waals surface area contributed by atoms with Gasteiger partial charge < -0.3 is 15.3 Å². The molecule has 0 saturated carbocycles. The molecule has 3 N–H and O–H groups in total. The van der Waals surface area contributed by atoms with Crippen molar-refractivity contribution in [2.45, 2.75) is 6.92 Å². The van der Waals surface area contributed by atoms with Crippen LogP contribution in [-0.2, 0) is 9.59 Å². The number of hydrogen-bond acceptors (Lipinski definition) is 4. The number of hydrogen-bond donors (Lipinski definition) is 3. The molecule has 6 nitrogen and oxygen atoms in total. The van der Waals surface area contributed by atoms with E-state index < -0.39 is 11.9 Å². The maximum absolute atomic E-state index is 9.10. The highest BCUT2D eigenvalue weighted by atomic mass is 16.4. The molecule has 0 atom stereocenters. The van der Waals surface area contributed by atoms with Crippen LogP contribution in [0.3, 0.4) is 0 Å². The van der Waals surface area contributed by atoms with Crippen LogP contribution in [0.4, 0.5) is 0 Å². The molecule has 0 bridgehead atoms. The molecule has 84 valence electrons. The maximum atomic E-state index is 9.10. The van der Waals surface area contributed by atoms with Crippen molar-refractivity contribution in [3.05, 3.63) is 30.1 Å². The van der Waals surface area contributed by atoms with Crippen LogP contribution < -0.4 is 0 Å². The normalized spacial score (nSPS) is 7.40. The zero-order chi connectivity index (χ0) is 12.3. The molecule has 0 aliphatic heterocycles. The summed E-state index contributed by atoms with van der Waals surface area (Å²) in [7, 11) is 1.00. The number of carboxylic acids is 2. The largest absolute Gasteiger partial charge is 0.473 e. The van der Waals surface area contributed by atoms with Crippen LogP contribution in [-0.4, -0.2) is 39.4 Å². The van der Waals surface area contributed by atoms with E-state index in [-0.39, 0.29) is 0 Å². The second kappa shape index (κ2) is 10.1. The summed E-state index contributed by atoms with van der Waals surface area (Å²) >= 11 is 0. The highest BCUT2D eigenvalue weighted by molar-refractivity contribution is 6.27. The lowest BCUT2D eigenvalue weighted by atomic mass is 10.4. The van der Waals surface area contributed by atoms with E-state index >= 15 is 0 Å². The smallest absolute Gasteiger partial charge is 0.414 e. The van der Waals surface area contributed by atoms with Gasteiger partial charge in [0.05, 0.1) is 0 Å². The molecule has 6 heteroatoms. The fraction of sp³-hybridized carbons (Fsp3) is 0.222. The second-order valence-electron chi connectivity index (χ2n) is 2.08. The molecular weight excluding hydrogens is 202 g/mol. The summed E-state index contributed by atoms with van der Waals surface area (Å²) in [4.78, 5) is 22.2. The number of nitrogens with zero attached hydrogens (tertiary/aromatic N) is 1. The van der Waals surface area contributed by atoms with E-state index in [1.807, 2.05) is 25.1 Å². The van der Waals surface area contributed by atoms with Crippen molar-refractivity contribution >= 4 is 11.9 Å². The average Bonchev–Trinajstić information content (AvgIpc) is 2.22. The van der Waals surface area contributed by atoms with Gasteiger partial charge in [-0.2, -0.15) is 0 Å². The molecule has 0 aliphatic rings. The Morgan fingerprint density at radius 1 is 1.13 bits per heavy atom. The number of aliphatic carboxylic acids is 2. The third-order valence-corrected chi connectivity index (χ3v) is 0.996. The van der Waals surface area contributed by atoms with Crippen molar-refractivity contribution in [2.75, 3.05) is 7.11 Å². The number of aliphatic hydroxyl groups is 1. The summed E-state index contributed by atoms with van der Waals surface area (Å²) < 4.78 is 0. The molecular formula is C9H13NO5. The van der Waals surface area contributed by atoms with Crippen LogP contribution in [0.25, 0.3) is 0 Å². The number of aliphatic hydroxyl groups excluding tert-OH is 1. The predicted molar refractivity (Wildman–Crippen MR) is 52.4 cm³/mol. The van der Waals surface area contributed by atoms with Crippen molar-refractivity contribution < 1.29 is 24.9 Å². The Labute approximate surface area is 86.8 Å². The lowest BCUT2D eigenvalue weighted by molar-refractivity contribution is -0.159. The van der Waals surface area contributed by atoms with E-state index in [1.165, 1.54) is 0 Å². The molecule has 0 amide bonds. The zero-order valence-corrected chi connectivity index (χ0v) is 8.41. The third kappa shape index (κ3) is 12.1. The second-order valence-corrected chi connectivity index (χ2v) is 2.08. The monoisotopic (exact) mass is 215 g/mol. The summed E-state index contributed by atoms with van der Waals surface area (Å²) in [5, 5.41) is 21.8. The van der Waals surface area contributed by atoms with Gasteiger partial charge >= 0.3 is 11.9 Å². The van der Waals surface area contributed by atoms with Gasteiger partial charge in [0.15, 0.2) is 0 Å². The van der Waals surface area contributed by atoms with E-state index in [0.29, 0.717) is 0 Å². The third-order valence-electron chi connectivity index (χ3n) is 0.996. The minimum atomic E-state index is -1.82. The van der Waals surface area contributed by atoms with Crippen LogP contribution in [0.2, 0.25) is 0 Å². The van der Waals surface area contributed by atoms with E-state index in [9.17, 15) is 0 Å². The number of aromatic nitrogens is 1. The molecule has 0 radical (unpaired) electrons. The van der Waals surface area contributed by atoms with E-state index in [1.54, 1.807) is 6.20 Å². The number of carbonyl (C=O) groups is 2.